The van der Waals surface area contributed by atoms with E-state index in [9.17, 15) is 9.18 Å². The maximum atomic E-state index is 14.4. The molecule has 0 atom stereocenters. The number of nitrogen functional groups attached to an aromatic ring is 1. The van der Waals surface area contributed by atoms with E-state index in [0.29, 0.717) is 12.3 Å². The molecule has 1 fully saturated rings. The van der Waals surface area contributed by atoms with Gasteiger partial charge in [0.2, 0.25) is 0 Å². The van der Waals surface area contributed by atoms with Crippen LogP contribution in [0.1, 0.15) is 15.9 Å². The van der Waals surface area contributed by atoms with Gasteiger partial charge in [0.15, 0.2) is 5.82 Å². The predicted molar refractivity (Wildman–Crippen MR) is 126 cm³/mol. The van der Waals surface area contributed by atoms with Gasteiger partial charge >= 0.3 is 0 Å². The van der Waals surface area contributed by atoms with Crippen molar-refractivity contribution in [1.82, 2.24) is 19.6 Å². The highest BCUT2D eigenvalue weighted by Gasteiger charge is 2.17. The lowest BCUT2D eigenvalue weighted by Gasteiger charge is -2.32. The van der Waals surface area contributed by atoms with Crippen molar-refractivity contribution < 1.29 is 13.9 Å². The van der Waals surface area contributed by atoms with E-state index >= 15 is 0 Å². The molecule has 174 valence electrons. The Morgan fingerprint density at radius 1 is 1.18 bits per heavy atom. The molecule has 1 saturated heterocycles. The summed E-state index contributed by atoms with van der Waals surface area (Å²) in [6.07, 6.45) is 3.29. The maximum Gasteiger partial charge on any atom is 0.257 e. The summed E-state index contributed by atoms with van der Waals surface area (Å²) in [5.41, 5.74) is 7.78. The normalized spacial score (nSPS) is 14.9. The van der Waals surface area contributed by atoms with Gasteiger partial charge in [-0.25, -0.2) is 9.07 Å². The van der Waals surface area contributed by atoms with E-state index in [1.807, 2.05) is 19.1 Å². The molecule has 0 bridgehead atoms. The van der Waals surface area contributed by atoms with E-state index in [1.54, 1.807) is 24.5 Å². The maximum absolute atomic E-state index is 14.4. The van der Waals surface area contributed by atoms with Crippen LogP contribution in [-0.2, 0) is 0 Å². The average molecular weight is 453 g/mol. The molecule has 9 heteroatoms. The largest absolute Gasteiger partial charge is 0.492 e. The van der Waals surface area contributed by atoms with Crippen LogP contribution in [0.25, 0.3) is 5.69 Å². The van der Waals surface area contributed by atoms with Gasteiger partial charge in [0.05, 0.1) is 11.8 Å². The lowest BCUT2D eigenvalue weighted by Crippen LogP contribution is -2.45. The second-order valence-electron chi connectivity index (χ2n) is 8.33. The summed E-state index contributed by atoms with van der Waals surface area (Å²) in [5.74, 6) is -0.244. The van der Waals surface area contributed by atoms with Gasteiger partial charge in [-0.2, -0.15) is 5.10 Å². The lowest BCUT2D eigenvalue weighted by atomic mass is 10.1. The number of ether oxygens (including phenoxy) is 1. The van der Waals surface area contributed by atoms with Crippen molar-refractivity contribution in [3.63, 3.8) is 0 Å². The molecule has 0 radical (unpaired) electrons. The number of halogens is 1. The number of benzene rings is 2. The Morgan fingerprint density at radius 3 is 2.58 bits per heavy atom. The molecule has 0 aliphatic carbocycles. The molecule has 33 heavy (non-hydrogen) atoms. The number of nitrogens with two attached hydrogens (primary N) is 1. The van der Waals surface area contributed by atoms with E-state index in [4.69, 9.17) is 10.5 Å². The van der Waals surface area contributed by atoms with Gasteiger partial charge in [-0.1, -0.05) is 0 Å². The fourth-order valence-electron chi connectivity index (χ4n) is 3.69. The standard InChI is InChI=1S/C24H29FN6O2/c1-17-15-27-31(16-17)23-13-20(22(26)14-21(23)25)24(32)28-18-3-5-19(6-4-18)33-12-11-30-9-7-29(2)8-10-30/h3-6,13-16H,7-12,26H2,1-2H3,(H,28,32). The fraction of sp³-hybridized carbons (Fsp3) is 0.333. The minimum absolute atomic E-state index is 0.0569. The number of likely N-dealkylation sites (N-methyl/N-ethyl adjacent to an activating group) is 1. The number of nitrogens with one attached hydrogen (secondary N) is 1. The van der Waals surface area contributed by atoms with Crippen molar-refractivity contribution in [3.05, 3.63) is 65.7 Å². The number of carbonyl (C=O) groups excluding carboxylic acids is 1. The Kier molecular flexibility index (Phi) is 6.90. The molecule has 1 aliphatic rings. The summed E-state index contributed by atoms with van der Waals surface area (Å²) in [6, 6.07) is 9.69. The van der Waals surface area contributed by atoms with E-state index in [2.05, 4.69) is 27.3 Å². The molecule has 3 N–H and O–H groups in total. The number of piperazine rings is 1. The predicted octanol–water partition coefficient (Wildman–Crippen LogP) is 2.78. The quantitative estimate of drug-likeness (QED) is 0.536. The van der Waals surface area contributed by atoms with E-state index < -0.39 is 11.7 Å². The highest BCUT2D eigenvalue weighted by molar-refractivity contribution is 6.08. The third-order valence-corrected chi connectivity index (χ3v) is 5.71. The van der Waals surface area contributed by atoms with Crippen molar-refractivity contribution >= 4 is 17.3 Å². The molecule has 2 aromatic carbocycles. The van der Waals surface area contributed by atoms with E-state index in [-0.39, 0.29) is 16.9 Å². The summed E-state index contributed by atoms with van der Waals surface area (Å²) in [5, 5.41) is 6.92. The highest BCUT2D eigenvalue weighted by Crippen LogP contribution is 2.23. The molecule has 0 unspecified atom stereocenters. The number of amides is 1. The second kappa shape index (κ2) is 10.0. The molecule has 1 aliphatic heterocycles. The zero-order chi connectivity index (χ0) is 23.4. The third kappa shape index (κ3) is 5.68. The Hall–Kier alpha value is -3.43. The number of anilines is 2. The zero-order valence-corrected chi connectivity index (χ0v) is 18.9. The summed E-state index contributed by atoms with van der Waals surface area (Å²) < 4.78 is 21.6. The first-order valence-electron chi connectivity index (χ1n) is 10.9. The number of hydrogen-bond acceptors (Lipinski definition) is 6. The second-order valence-corrected chi connectivity index (χ2v) is 8.33. The molecule has 3 aromatic rings. The Balaban J connectivity index is 1.36. The fourth-order valence-corrected chi connectivity index (χ4v) is 3.69. The van der Waals surface area contributed by atoms with Crippen LogP contribution < -0.4 is 15.8 Å². The van der Waals surface area contributed by atoms with Crippen molar-refractivity contribution in [2.24, 2.45) is 0 Å². The topological polar surface area (TPSA) is 88.7 Å². The first-order chi connectivity index (χ1) is 15.9. The van der Waals surface area contributed by atoms with Crippen molar-refractivity contribution in [2.75, 3.05) is 57.4 Å². The van der Waals surface area contributed by atoms with Crippen LogP contribution in [0, 0.1) is 12.7 Å². The molecule has 2 heterocycles. The van der Waals surface area contributed by atoms with Crippen LogP contribution in [0.3, 0.4) is 0 Å². The molecule has 1 amide bonds. The third-order valence-electron chi connectivity index (χ3n) is 5.71. The molecule has 1 aromatic heterocycles. The van der Waals surface area contributed by atoms with Crippen molar-refractivity contribution in [2.45, 2.75) is 6.92 Å². The van der Waals surface area contributed by atoms with Gasteiger partial charge in [0.1, 0.15) is 18.0 Å². The number of nitrogens with zero attached hydrogens (tertiary/aromatic N) is 4. The SMILES string of the molecule is Cc1cnn(-c2cc(C(=O)Nc3ccc(OCCN4CCN(C)CC4)cc3)c(N)cc2F)c1. The van der Waals surface area contributed by atoms with Gasteiger partial charge in [-0.15, -0.1) is 0 Å². The van der Waals surface area contributed by atoms with E-state index in [0.717, 1.165) is 50.1 Å². The van der Waals surface area contributed by atoms with Crippen molar-refractivity contribution in [3.8, 4) is 11.4 Å². The minimum atomic E-state index is -0.551. The first kappa shape index (κ1) is 22.8. The molecule has 0 saturated carbocycles. The molecule has 8 nitrogen and oxygen atoms in total. The van der Waals surface area contributed by atoms with Crippen LogP contribution in [0.4, 0.5) is 15.8 Å². The first-order valence-corrected chi connectivity index (χ1v) is 10.9. The number of aryl methyl sites for hydroxylation is 1. The zero-order valence-electron chi connectivity index (χ0n) is 18.9. The van der Waals surface area contributed by atoms with Gasteiger partial charge in [0.25, 0.3) is 5.91 Å². The lowest BCUT2D eigenvalue weighted by molar-refractivity contribution is 0.102. The average Bonchev–Trinajstić information content (AvgIpc) is 3.22. The molecular formula is C24H29FN6O2. The Morgan fingerprint density at radius 2 is 1.91 bits per heavy atom. The highest BCUT2D eigenvalue weighted by atomic mass is 19.1. The van der Waals surface area contributed by atoms with Gasteiger partial charge < -0.3 is 20.7 Å². The molecule has 0 spiro atoms. The molecule has 4 rings (SSSR count). The van der Waals surface area contributed by atoms with Crippen LogP contribution in [0.5, 0.6) is 5.75 Å². The number of hydrogen-bond donors (Lipinski definition) is 2. The van der Waals surface area contributed by atoms with Crippen LogP contribution >= 0.6 is 0 Å². The van der Waals surface area contributed by atoms with Crippen molar-refractivity contribution in [1.29, 1.82) is 0 Å². The van der Waals surface area contributed by atoms with Crippen LogP contribution in [0.15, 0.2) is 48.8 Å². The monoisotopic (exact) mass is 452 g/mol. The smallest absolute Gasteiger partial charge is 0.257 e. The summed E-state index contributed by atoms with van der Waals surface area (Å²) in [7, 11) is 2.14. The number of rotatable bonds is 7. The number of carbonyl (C=O) groups is 1. The van der Waals surface area contributed by atoms with E-state index in [1.165, 1.54) is 10.7 Å². The summed E-state index contributed by atoms with van der Waals surface area (Å²) in [4.78, 5) is 17.5. The van der Waals surface area contributed by atoms with Gasteiger partial charge in [0, 0.05) is 50.3 Å². The Bertz CT molecular complexity index is 1110. The van der Waals surface area contributed by atoms with Crippen LogP contribution in [-0.4, -0.2) is 71.9 Å². The number of aromatic nitrogens is 2. The molecular weight excluding hydrogens is 423 g/mol. The van der Waals surface area contributed by atoms with Crippen LogP contribution in [0.2, 0.25) is 0 Å². The Labute approximate surface area is 192 Å². The summed E-state index contributed by atoms with van der Waals surface area (Å²) >= 11 is 0. The minimum Gasteiger partial charge on any atom is -0.492 e. The van der Waals surface area contributed by atoms with Gasteiger partial charge in [-0.3, -0.25) is 9.69 Å². The van der Waals surface area contributed by atoms with Gasteiger partial charge in [-0.05, 0) is 55.9 Å². The summed E-state index contributed by atoms with van der Waals surface area (Å²) in [6.45, 7) is 7.61.